The monoisotopic (exact) mass is 247 g/mol. The average Bonchev–Trinajstić information content (AvgIpc) is 2.64. The summed E-state index contributed by atoms with van der Waals surface area (Å²) in [7, 11) is 1.81. The fourth-order valence-electron chi connectivity index (χ4n) is 1.63. The number of nitrogens with zero attached hydrogens (tertiary/aromatic N) is 2. The molecule has 18 heavy (non-hydrogen) atoms. The van der Waals surface area contributed by atoms with Gasteiger partial charge in [0.1, 0.15) is 0 Å². The van der Waals surface area contributed by atoms with E-state index in [2.05, 4.69) is 10.6 Å². The predicted molar refractivity (Wildman–Crippen MR) is 69.0 cm³/mol. The Morgan fingerprint density at radius 2 is 2.00 bits per heavy atom. The van der Waals surface area contributed by atoms with E-state index < -0.39 is 5.60 Å². The van der Waals surface area contributed by atoms with Gasteiger partial charge >= 0.3 is 0 Å². The van der Waals surface area contributed by atoms with Gasteiger partial charge in [-0.25, -0.2) is 5.48 Å². The van der Waals surface area contributed by atoms with Gasteiger partial charge in [0.2, 0.25) is 0 Å². The molecule has 96 valence electrons. The highest BCUT2D eigenvalue weighted by molar-refractivity contribution is 6.04. The zero-order chi connectivity index (χ0) is 13.3. The summed E-state index contributed by atoms with van der Waals surface area (Å²) < 4.78 is 1.68. The molecule has 1 amide bonds. The van der Waals surface area contributed by atoms with Gasteiger partial charge in [-0.2, -0.15) is 5.10 Å². The van der Waals surface area contributed by atoms with Crippen LogP contribution < -0.4 is 5.48 Å². The standard InChI is InChI=1S/C13H17N3O2/c1-13(2,3)18-15-12(17)11-9-7-5-6-8-10(9)16(4)14-11/h5-8H,1-4H3,(H,15,17). The molecule has 0 unspecified atom stereocenters. The highest BCUT2D eigenvalue weighted by atomic mass is 16.7. The van der Waals surface area contributed by atoms with Gasteiger partial charge in [0, 0.05) is 12.4 Å². The third-order valence-electron chi connectivity index (χ3n) is 2.42. The number of aromatic nitrogens is 2. The van der Waals surface area contributed by atoms with E-state index in [4.69, 9.17) is 4.84 Å². The lowest BCUT2D eigenvalue weighted by Gasteiger charge is -2.18. The van der Waals surface area contributed by atoms with Crippen LogP contribution in [-0.2, 0) is 11.9 Å². The quantitative estimate of drug-likeness (QED) is 0.826. The van der Waals surface area contributed by atoms with Crippen molar-refractivity contribution < 1.29 is 9.63 Å². The number of aryl methyl sites for hydroxylation is 1. The van der Waals surface area contributed by atoms with Gasteiger partial charge in [0.25, 0.3) is 5.91 Å². The van der Waals surface area contributed by atoms with Crippen LogP contribution in [0.5, 0.6) is 0 Å². The van der Waals surface area contributed by atoms with E-state index in [0.29, 0.717) is 5.69 Å². The number of hydrogen-bond donors (Lipinski definition) is 1. The van der Waals surface area contributed by atoms with Crippen LogP contribution in [0.25, 0.3) is 10.9 Å². The molecule has 0 saturated carbocycles. The first-order valence-corrected chi connectivity index (χ1v) is 5.78. The van der Waals surface area contributed by atoms with E-state index in [1.807, 2.05) is 52.1 Å². The summed E-state index contributed by atoms with van der Waals surface area (Å²) in [6.07, 6.45) is 0. The Labute approximate surface area is 106 Å². The Bertz CT molecular complexity index is 581. The van der Waals surface area contributed by atoms with Gasteiger partial charge in [-0.05, 0) is 26.8 Å². The van der Waals surface area contributed by atoms with Crippen LogP contribution in [0, 0.1) is 0 Å². The molecule has 0 aliphatic rings. The number of amides is 1. The van der Waals surface area contributed by atoms with E-state index in [0.717, 1.165) is 10.9 Å². The van der Waals surface area contributed by atoms with Gasteiger partial charge in [0.05, 0.1) is 11.1 Å². The predicted octanol–water partition coefficient (Wildman–Crippen LogP) is 2.03. The van der Waals surface area contributed by atoms with Crippen LogP contribution in [0.4, 0.5) is 0 Å². The van der Waals surface area contributed by atoms with Gasteiger partial charge < -0.3 is 0 Å². The first-order chi connectivity index (χ1) is 8.38. The maximum absolute atomic E-state index is 12.0. The van der Waals surface area contributed by atoms with Crippen LogP contribution in [0.15, 0.2) is 24.3 Å². The van der Waals surface area contributed by atoms with Crippen LogP contribution in [-0.4, -0.2) is 21.3 Å². The highest BCUT2D eigenvalue weighted by Gasteiger charge is 2.18. The molecule has 0 saturated heterocycles. The van der Waals surface area contributed by atoms with Crippen molar-refractivity contribution in [1.82, 2.24) is 15.3 Å². The second-order valence-corrected chi connectivity index (χ2v) is 5.13. The molecule has 0 fully saturated rings. The fourth-order valence-corrected chi connectivity index (χ4v) is 1.63. The summed E-state index contributed by atoms with van der Waals surface area (Å²) in [5.41, 5.74) is 3.29. The van der Waals surface area contributed by atoms with Crippen molar-refractivity contribution in [2.75, 3.05) is 0 Å². The second-order valence-electron chi connectivity index (χ2n) is 5.13. The molecular weight excluding hydrogens is 230 g/mol. The van der Waals surface area contributed by atoms with Crippen molar-refractivity contribution in [2.45, 2.75) is 26.4 Å². The first-order valence-electron chi connectivity index (χ1n) is 5.78. The third kappa shape index (κ3) is 2.51. The maximum Gasteiger partial charge on any atom is 0.295 e. The van der Waals surface area contributed by atoms with Crippen LogP contribution in [0.3, 0.4) is 0 Å². The summed E-state index contributed by atoms with van der Waals surface area (Å²) >= 11 is 0. The number of hydrogen-bond acceptors (Lipinski definition) is 3. The van der Waals surface area contributed by atoms with Crippen molar-refractivity contribution in [2.24, 2.45) is 7.05 Å². The molecule has 1 aromatic carbocycles. The first kappa shape index (κ1) is 12.6. The Hall–Kier alpha value is -1.88. The van der Waals surface area contributed by atoms with E-state index >= 15 is 0 Å². The highest BCUT2D eigenvalue weighted by Crippen LogP contribution is 2.17. The summed E-state index contributed by atoms with van der Waals surface area (Å²) in [6.45, 7) is 5.59. The lowest BCUT2D eigenvalue weighted by atomic mass is 10.2. The minimum Gasteiger partial charge on any atom is -0.268 e. The molecule has 0 atom stereocenters. The molecule has 1 N–H and O–H groups in total. The molecule has 1 aromatic heterocycles. The molecule has 5 heteroatoms. The smallest absolute Gasteiger partial charge is 0.268 e. The van der Waals surface area contributed by atoms with E-state index in [1.165, 1.54) is 0 Å². The average molecular weight is 247 g/mol. The van der Waals surface area contributed by atoms with Crippen LogP contribution in [0.2, 0.25) is 0 Å². The lowest BCUT2D eigenvalue weighted by Crippen LogP contribution is -2.33. The number of nitrogens with one attached hydrogen (secondary N) is 1. The Balaban J connectivity index is 2.28. The van der Waals surface area contributed by atoms with Gasteiger partial charge in [0.15, 0.2) is 5.69 Å². The van der Waals surface area contributed by atoms with E-state index in [-0.39, 0.29) is 5.91 Å². The lowest BCUT2D eigenvalue weighted by molar-refractivity contribution is -0.0591. The molecule has 0 aliphatic heterocycles. The fraction of sp³-hybridized carbons (Fsp3) is 0.385. The van der Waals surface area contributed by atoms with Crippen molar-refractivity contribution in [3.05, 3.63) is 30.0 Å². The number of rotatable bonds is 2. The summed E-state index contributed by atoms with van der Waals surface area (Å²) in [5, 5.41) is 5.03. The van der Waals surface area contributed by atoms with E-state index in [9.17, 15) is 4.79 Å². The maximum atomic E-state index is 12.0. The van der Waals surface area contributed by atoms with Gasteiger partial charge in [-0.3, -0.25) is 14.3 Å². The number of carbonyl (C=O) groups is 1. The normalized spacial score (nSPS) is 11.8. The third-order valence-corrected chi connectivity index (χ3v) is 2.42. The number of para-hydroxylation sites is 1. The summed E-state index contributed by atoms with van der Waals surface area (Å²) in [5.74, 6) is -0.332. The topological polar surface area (TPSA) is 56.2 Å². The van der Waals surface area contributed by atoms with Crippen molar-refractivity contribution in [1.29, 1.82) is 0 Å². The molecule has 0 radical (unpaired) electrons. The summed E-state index contributed by atoms with van der Waals surface area (Å²) in [4.78, 5) is 17.3. The Morgan fingerprint density at radius 1 is 1.33 bits per heavy atom. The zero-order valence-electron chi connectivity index (χ0n) is 11.0. The van der Waals surface area contributed by atoms with Crippen LogP contribution in [0.1, 0.15) is 31.3 Å². The zero-order valence-corrected chi connectivity index (χ0v) is 11.0. The van der Waals surface area contributed by atoms with E-state index in [1.54, 1.807) is 4.68 Å². The number of benzene rings is 1. The van der Waals surface area contributed by atoms with Crippen molar-refractivity contribution in [3.63, 3.8) is 0 Å². The minimum absolute atomic E-state index is 0.332. The Morgan fingerprint density at radius 3 is 2.67 bits per heavy atom. The minimum atomic E-state index is -0.430. The second kappa shape index (κ2) is 4.42. The van der Waals surface area contributed by atoms with Crippen molar-refractivity contribution >= 4 is 16.8 Å². The number of carbonyl (C=O) groups excluding carboxylic acids is 1. The Kier molecular flexibility index (Phi) is 3.09. The number of hydroxylamine groups is 1. The molecular formula is C13H17N3O2. The molecule has 2 aromatic rings. The van der Waals surface area contributed by atoms with Crippen LogP contribution >= 0.6 is 0 Å². The molecule has 2 rings (SSSR count). The van der Waals surface area contributed by atoms with Gasteiger partial charge in [-0.1, -0.05) is 18.2 Å². The molecule has 5 nitrogen and oxygen atoms in total. The largest absolute Gasteiger partial charge is 0.295 e. The molecule has 0 aliphatic carbocycles. The summed E-state index contributed by atoms with van der Waals surface area (Å²) in [6, 6.07) is 7.58. The van der Waals surface area contributed by atoms with Crippen molar-refractivity contribution in [3.8, 4) is 0 Å². The molecule has 0 spiro atoms. The van der Waals surface area contributed by atoms with Gasteiger partial charge in [-0.15, -0.1) is 0 Å². The SMILES string of the molecule is Cn1nc(C(=O)NOC(C)(C)C)c2ccccc21. The molecule has 0 bridgehead atoms. The number of fused-ring (bicyclic) bond motifs is 1. The molecule has 1 heterocycles.